The summed E-state index contributed by atoms with van der Waals surface area (Å²) in [5.41, 5.74) is 1.21. The SMILES string of the molecule is O=[N+]([O-])c1ccc2nc(-c3c(Cl)cccc3Cl)oc2c1. The van der Waals surface area contributed by atoms with Gasteiger partial charge in [-0.2, -0.15) is 0 Å². The molecule has 0 amide bonds. The van der Waals surface area contributed by atoms with Gasteiger partial charge in [0.1, 0.15) is 5.52 Å². The van der Waals surface area contributed by atoms with Gasteiger partial charge >= 0.3 is 0 Å². The molecule has 0 aliphatic carbocycles. The predicted octanol–water partition coefficient (Wildman–Crippen LogP) is 4.71. The summed E-state index contributed by atoms with van der Waals surface area (Å²) in [4.78, 5) is 14.5. The molecule has 0 spiro atoms. The molecule has 0 aliphatic heterocycles. The number of nitrogens with zero attached hydrogens (tertiary/aromatic N) is 2. The van der Waals surface area contributed by atoms with E-state index in [2.05, 4.69) is 4.98 Å². The highest BCUT2D eigenvalue weighted by atomic mass is 35.5. The zero-order chi connectivity index (χ0) is 14.3. The lowest BCUT2D eigenvalue weighted by molar-refractivity contribution is -0.384. The third kappa shape index (κ3) is 2.11. The van der Waals surface area contributed by atoms with Crippen molar-refractivity contribution in [1.82, 2.24) is 4.98 Å². The van der Waals surface area contributed by atoms with Gasteiger partial charge in [-0.3, -0.25) is 10.1 Å². The third-order valence-electron chi connectivity index (χ3n) is 2.76. The Bertz CT molecular complexity index is 809. The Labute approximate surface area is 122 Å². The van der Waals surface area contributed by atoms with Crippen molar-refractivity contribution in [2.75, 3.05) is 0 Å². The molecule has 0 aliphatic rings. The average molecular weight is 309 g/mol. The van der Waals surface area contributed by atoms with Crippen LogP contribution in [-0.4, -0.2) is 9.91 Å². The Kier molecular flexibility index (Phi) is 3.08. The minimum Gasteiger partial charge on any atom is -0.436 e. The first-order chi connectivity index (χ1) is 9.56. The summed E-state index contributed by atoms with van der Waals surface area (Å²) in [6.45, 7) is 0. The maximum atomic E-state index is 10.7. The molecule has 5 nitrogen and oxygen atoms in total. The molecule has 3 rings (SSSR count). The van der Waals surface area contributed by atoms with Crippen molar-refractivity contribution in [2.45, 2.75) is 0 Å². The number of nitro benzene ring substituents is 1. The van der Waals surface area contributed by atoms with Crippen molar-refractivity contribution in [1.29, 1.82) is 0 Å². The second kappa shape index (κ2) is 4.77. The number of fused-ring (bicyclic) bond motifs is 1. The molecule has 0 fully saturated rings. The molecule has 7 heteroatoms. The van der Waals surface area contributed by atoms with E-state index in [1.807, 2.05) is 0 Å². The predicted molar refractivity (Wildman–Crippen MR) is 76.1 cm³/mol. The monoisotopic (exact) mass is 308 g/mol. The van der Waals surface area contributed by atoms with Crippen molar-refractivity contribution in [3.63, 3.8) is 0 Å². The molecule has 0 saturated carbocycles. The van der Waals surface area contributed by atoms with Gasteiger partial charge in [-0.15, -0.1) is 0 Å². The normalized spacial score (nSPS) is 10.9. The number of halogens is 2. The fraction of sp³-hybridized carbons (Fsp3) is 0. The van der Waals surface area contributed by atoms with E-state index in [1.54, 1.807) is 18.2 Å². The van der Waals surface area contributed by atoms with Gasteiger partial charge in [0.15, 0.2) is 5.58 Å². The summed E-state index contributed by atoms with van der Waals surface area (Å²) < 4.78 is 5.52. The lowest BCUT2D eigenvalue weighted by Crippen LogP contribution is -1.86. The van der Waals surface area contributed by atoms with E-state index in [0.717, 1.165) is 0 Å². The molecule has 3 aromatic rings. The Morgan fingerprint density at radius 2 is 1.85 bits per heavy atom. The molecule has 100 valence electrons. The molecular weight excluding hydrogens is 303 g/mol. The van der Waals surface area contributed by atoms with Crippen molar-refractivity contribution in [3.8, 4) is 11.5 Å². The first kappa shape index (κ1) is 12.9. The van der Waals surface area contributed by atoms with Crippen LogP contribution in [0.25, 0.3) is 22.6 Å². The number of aromatic nitrogens is 1. The van der Waals surface area contributed by atoms with Crippen molar-refractivity contribution >= 4 is 40.0 Å². The van der Waals surface area contributed by atoms with Crippen molar-refractivity contribution < 1.29 is 9.34 Å². The van der Waals surface area contributed by atoms with Gasteiger partial charge in [0.2, 0.25) is 5.89 Å². The molecular formula is C13H6Cl2N2O3. The maximum Gasteiger partial charge on any atom is 0.273 e. The van der Waals surface area contributed by atoms with Crippen molar-refractivity contribution in [3.05, 3.63) is 56.6 Å². The summed E-state index contributed by atoms with van der Waals surface area (Å²) in [6, 6.07) is 9.24. The standard InChI is InChI=1S/C13H6Cl2N2O3/c14-8-2-1-3-9(15)12(8)13-16-10-5-4-7(17(18)19)6-11(10)20-13/h1-6H. The van der Waals surface area contributed by atoms with E-state index in [1.165, 1.54) is 18.2 Å². The molecule has 1 heterocycles. The Balaban J connectivity index is 2.21. The summed E-state index contributed by atoms with van der Waals surface area (Å²) in [5.74, 6) is 0.232. The van der Waals surface area contributed by atoms with Crippen molar-refractivity contribution in [2.24, 2.45) is 0 Å². The van der Waals surface area contributed by atoms with Gasteiger partial charge in [0, 0.05) is 6.07 Å². The molecule has 0 atom stereocenters. The topological polar surface area (TPSA) is 69.2 Å². The minimum atomic E-state index is -0.496. The fourth-order valence-electron chi connectivity index (χ4n) is 1.84. The van der Waals surface area contributed by atoms with Crippen LogP contribution in [0.1, 0.15) is 0 Å². The zero-order valence-electron chi connectivity index (χ0n) is 9.84. The van der Waals surface area contributed by atoms with Gasteiger partial charge < -0.3 is 4.42 Å². The average Bonchev–Trinajstić information content (AvgIpc) is 2.80. The van der Waals surface area contributed by atoms with Crippen LogP contribution in [0.2, 0.25) is 10.0 Å². The highest BCUT2D eigenvalue weighted by molar-refractivity contribution is 6.38. The Hall–Kier alpha value is -2.11. The molecule has 0 N–H and O–H groups in total. The van der Waals surface area contributed by atoms with E-state index in [9.17, 15) is 10.1 Å². The largest absolute Gasteiger partial charge is 0.436 e. The van der Waals surface area contributed by atoms with Crippen LogP contribution in [-0.2, 0) is 0 Å². The van der Waals surface area contributed by atoms with Gasteiger partial charge in [-0.05, 0) is 18.2 Å². The second-order valence-electron chi connectivity index (χ2n) is 4.02. The Morgan fingerprint density at radius 3 is 2.50 bits per heavy atom. The van der Waals surface area contributed by atoms with Crippen LogP contribution in [0, 0.1) is 10.1 Å². The van der Waals surface area contributed by atoms with E-state index in [-0.39, 0.29) is 11.6 Å². The molecule has 0 radical (unpaired) electrons. The molecule has 0 saturated heterocycles. The summed E-state index contributed by atoms with van der Waals surface area (Å²) >= 11 is 12.2. The van der Waals surface area contributed by atoms with Gasteiger partial charge in [0.05, 0.1) is 26.6 Å². The molecule has 2 aromatic carbocycles. The highest BCUT2D eigenvalue weighted by Crippen LogP contribution is 2.36. The number of benzene rings is 2. The zero-order valence-corrected chi connectivity index (χ0v) is 11.4. The van der Waals surface area contributed by atoms with Crippen LogP contribution in [0.3, 0.4) is 0 Å². The molecule has 20 heavy (non-hydrogen) atoms. The van der Waals surface area contributed by atoms with E-state index < -0.39 is 4.92 Å². The number of hydrogen-bond acceptors (Lipinski definition) is 4. The van der Waals surface area contributed by atoms with Gasteiger partial charge in [-0.1, -0.05) is 29.3 Å². The van der Waals surface area contributed by atoms with Crippen LogP contribution >= 0.6 is 23.2 Å². The first-order valence-corrected chi connectivity index (χ1v) is 6.31. The lowest BCUT2D eigenvalue weighted by Gasteiger charge is -2.01. The third-order valence-corrected chi connectivity index (χ3v) is 3.39. The molecule has 0 bridgehead atoms. The van der Waals surface area contributed by atoms with E-state index >= 15 is 0 Å². The molecule has 1 aromatic heterocycles. The molecule has 0 unspecified atom stereocenters. The number of hydrogen-bond donors (Lipinski definition) is 0. The first-order valence-electron chi connectivity index (χ1n) is 5.55. The number of non-ortho nitro benzene ring substituents is 1. The van der Waals surface area contributed by atoms with Crippen LogP contribution in [0.5, 0.6) is 0 Å². The van der Waals surface area contributed by atoms with Crippen LogP contribution < -0.4 is 0 Å². The lowest BCUT2D eigenvalue weighted by atomic mass is 10.2. The van der Waals surface area contributed by atoms with Crippen LogP contribution in [0.15, 0.2) is 40.8 Å². The van der Waals surface area contributed by atoms with Gasteiger partial charge in [0.25, 0.3) is 5.69 Å². The minimum absolute atomic E-state index is 0.0644. The summed E-state index contributed by atoms with van der Waals surface area (Å²) in [7, 11) is 0. The van der Waals surface area contributed by atoms with Crippen LogP contribution in [0.4, 0.5) is 5.69 Å². The summed E-state index contributed by atoms with van der Waals surface area (Å²) in [6.07, 6.45) is 0. The van der Waals surface area contributed by atoms with E-state index in [4.69, 9.17) is 27.6 Å². The fourth-order valence-corrected chi connectivity index (χ4v) is 2.40. The number of rotatable bonds is 2. The van der Waals surface area contributed by atoms with Gasteiger partial charge in [-0.25, -0.2) is 4.98 Å². The van der Waals surface area contributed by atoms with E-state index in [0.29, 0.717) is 26.7 Å². The number of nitro groups is 1. The summed E-state index contributed by atoms with van der Waals surface area (Å²) in [5, 5.41) is 11.5. The quantitative estimate of drug-likeness (QED) is 0.508. The number of oxazole rings is 1. The second-order valence-corrected chi connectivity index (χ2v) is 4.84. The maximum absolute atomic E-state index is 10.7. The Morgan fingerprint density at radius 1 is 1.15 bits per heavy atom. The smallest absolute Gasteiger partial charge is 0.273 e. The highest BCUT2D eigenvalue weighted by Gasteiger charge is 2.16.